The van der Waals surface area contributed by atoms with E-state index in [9.17, 15) is 13.2 Å². The zero-order chi connectivity index (χ0) is 15.8. The average molecular weight is 316 g/mol. The van der Waals surface area contributed by atoms with Crippen molar-refractivity contribution in [3.05, 3.63) is 52.0 Å². The summed E-state index contributed by atoms with van der Waals surface area (Å²) in [6, 6.07) is 6.50. The van der Waals surface area contributed by atoms with Crippen molar-refractivity contribution in [2.45, 2.75) is 20.0 Å². The highest BCUT2D eigenvalue weighted by molar-refractivity contribution is 6.30. The number of ether oxygens (including phenoxy) is 1. The van der Waals surface area contributed by atoms with Crippen LogP contribution in [0.2, 0.25) is 5.02 Å². The molecule has 0 aliphatic rings. The van der Waals surface area contributed by atoms with Crippen LogP contribution in [0.3, 0.4) is 0 Å². The van der Waals surface area contributed by atoms with E-state index in [1.54, 1.807) is 26.0 Å². The lowest BCUT2D eigenvalue weighted by Crippen LogP contribution is -2.06. The van der Waals surface area contributed by atoms with Gasteiger partial charge in [0.2, 0.25) is 0 Å². The van der Waals surface area contributed by atoms with Crippen molar-refractivity contribution in [1.82, 2.24) is 0 Å². The highest BCUT2D eigenvalue weighted by atomic mass is 35.5. The lowest BCUT2D eigenvalue weighted by molar-refractivity contribution is -0.137. The van der Waals surface area contributed by atoms with E-state index in [0.29, 0.717) is 10.8 Å². The van der Waals surface area contributed by atoms with Gasteiger partial charge in [0.1, 0.15) is 11.5 Å². The fourth-order valence-corrected chi connectivity index (χ4v) is 2.35. The molecule has 0 bridgehead atoms. The van der Waals surface area contributed by atoms with E-state index in [1.807, 2.05) is 0 Å². The number of aryl methyl sites for hydroxylation is 2. The van der Waals surface area contributed by atoms with Gasteiger partial charge in [0.25, 0.3) is 0 Å². The maximum absolute atomic E-state index is 12.8. The molecule has 2 rings (SSSR count). The SMILES string of the molecule is Cc1cc(Cl)cc(C)c1Oc1cc(N)cc(C(F)(F)F)c1. The first-order valence-electron chi connectivity index (χ1n) is 6.09. The quantitative estimate of drug-likeness (QED) is 0.758. The van der Waals surface area contributed by atoms with Crippen LogP contribution in [0.1, 0.15) is 16.7 Å². The van der Waals surface area contributed by atoms with Crippen LogP contribution in [0.4, 0.5) is 18.9 Å². The number of anilines is 1. The smallest absolute Gasteiger partial charge is 0.416 e. The van der Waals surface area contributed by atoms with Gasteiger partial charge in [-0.1, -0.05) is 11.6 Å². The molecule has 0 spiro atoms. The number of rotatable bonds is 2. The number of hydrogen-bond donors (Lipinski definition) is 1. The van der Waals surface area contributed by atoms with Gasteiger partial charge >= 0.3 is 6.18 Å². The third-order valence-corrected chi connectivity index (χ3v) is 3.12. The number of nitrogens with two attached hydrogens (primary N) is 1. The average Bonchev–Trinajstić information content (AvgIpc) is 2.32. The maximum Gasteiger partial charge on any atom is 0.416 e. The molecule has 0 amide bonds. The molecule has 0 saturated carbocycles. The predicted octanol–water partition coefficient (Wildman–Crippen LogP) is 5.35. The van der Waals surface area contributed by atoms with Gasteiger partial charge in [-0.25, -0.2) is 0 Å². The first kappa shape index (κ1) is 15.5. The highest BCUT2D eigenvalue weighted by Crippen LogP contribution is 2.36. The van der Waals surface area contributed by atoms with Crippen LogP contribution < -0.4 is 10.5 Å². The third-order valence-electron chi connectivity index (χ3n) is 2.90. The molecule has 0 fully saturated rings. The van der Waals surface area contributed by atoms with Gasteiger partial charge in [-0.2, -0.15) is 13.2 Å². The Morgan fingerprint density at radius 1 is 1.00 bits per heavy atom. The van der Waals surface area contributed by atoms with Crippen molar-refractivity contribution in [2.24, 2.45) is 0 Å². The summed E-state index contributed by atoms with van der Waals surface area (Å²) < 4.78 is 43.9. The minimum Gasteiger partial charge on any atom is -0.457 e. The lowest BCUT2D eigenvalue weighted by Gasteiger charge is -2.15. The van der Waals surface area contributed by atoms with E-state index >= 15 is 0 Å². The first-order valence-corrected chi connectivity index (χ1v) is 6.47. The molecule has 0 unspecified atom stereocenters. The highest BCUT2D eigenvalue weighted by Gasteiger charge is 2.31. The van der Waals surface area contributed by atoms with E-state index in [2.05, 4.69) is 0 Å². The van der Waals surface area contributed by atoms with Crippen LogP contribution in [0.15, 0.2) is 30.3 Å². The molecule has 0 saturated heterocycles. The minimum absolute atomic E-state index is 0.0101. The van der Waals surface area contributed by atoms with Crippen LogP contribution >= 0.6 is 11.6 Å². The summed E-state index contributed by atoms with van der Waals surface area (Å²) in [7, 11) is 0. The topological polar surface area (TPSA) is 35.2 Å². The third kappa shape index (κ3) is 3.61. The predicted molar refractivity (Wildman–Crippen MR) is 76.9 cm³/mol. The number of alkyl halides is 3. The second-order valence-corrected chi connectivity index (χ2v) is 5.20. The second-order valence-electron chi connectivity index (χ2n) is 4.76. The van der Waals surface area contributed by atoms with Crippen molar-refractivity contribution < 1.29 is 17.9 Å². The van der Waals surface area contributed by atoms with E-state index in [1.165, 1.54) is 6.07 Å². The largest absolute Gasteiger partial charge is 0.457 e. The van der Waals surface area contributed by atoms with Gasteiger partial charge in [-0.3, -0.25) is 0 Å². The molecule has 112 valence electrons. The monoisotopic (exact) mass is 315 g/mol. The van der Waals surface area contributed by atoms with E-state index in [0.717, 1.165) is 23.3 Å². The molecular weight excluding hydrogens is 303 g/mol. The standard InChI is InChI=1S/C15H13ClF3NO/c1-8-3-11(16)4-9(2)14(8)21-13-6-10(15(17,18)19)5-12(20)7-13/h3-7H,20H2,1-2H3. The van der Waals surface area contributed by atoms with E-state index < -0.39 is 11.7 Å². The molecule has 0 radical (unpaired) electrons. The maximum atomic E-state index is 12.8. The number of nitrogen functional groups attached to an aromatic ring is 1. The second kappa shape index (κ2) is 5.48. The number of hydrogen-bond acceptors (Lipinski definition) is 2. The number of benzene rings is 2. The van der Waals surface area contributed by atoms with E-state index in [4.69, 9.17) is 22.1 Å². The van der Waals surface area contributed by atoms with E-state index in [-0.39, 0.29) is 11.4 Å². The summed E-state index contributed by atoms with van der Waals surface area (Å²) >= 11 is 5.91. The normalized spacial score (nSPS) is 11.5. The first-order chi connectivity index (χ1) is 9.66. The molecule has 0 aliphatic heterocycles. The van der Waals surface area contributed by atoms with Crippen LogP contribution in [0.5, 0.6) is 11.5 Å². The summed E-state index contributed by atoms with van der Waals surface area (Å²) in [5.74, 6) is 0.508. The molecule has 2 N–H and O–H groups in total. The van der Waals surface area contributed by atoms with Crippen LogP contribution in [-0.4, -0.2) is 0 Å². The summed E-state index contributed by atoms with van der Waals surface area (Å²) in [6.07, 6.45) is -4.47. The molecule has 0 heterocycles. The Morgan fingerprint density at radius 2 is 1.57 bits per heavy atom. The fraction of sp³-hybridized carbons (Fsp3) is 0.200. The molecule has 0 aromatic heterocycles. The summed E-state index contributed by atoms with van der Waals surface area (Å²) in [5.41, 5.74) is 6.12. The Labute approximate surface area is 125 Å². The van der Waals surface area contributed by atoms with Crippen LogP contribution in [0, 0.1) is 13.8 Å². The van der Waals surface area contributed by atoms with Crippen molar-refractivity contribution in [1.29, 1.82) is 0 Å². The molecule has 21 heavy (non-hydrogen) atoms. The molecule has 2 aromatic rings. The van der Waals surface area contributed by atoms with Crippen LogP contribution in [-0.2, 0) is 6.18 Å². The number of halogens is 4. The molecule has 0 atom stereocenters. The van der Waals surface area contributed by atoms with Gasteiger partial charge in [0.05, 0.1) is 5.56 Å². The van der Waals surface area contributed by atoms with Gasteiger partial charge in [-0.15, -0.1) is 0 Å². The fourth-order valence-electron chi connectivity index (χ4n) is 2.02. The Bertz CT molecular complexity index is 660. The van der Waals surface area contributed by atoms with Gasteiger partial charge in [-0.05, 0) is 49.2 Å². The van der Waals surface area contributed by atoms with Crippen molar-refractivity contribution >= 4 is 17.3 Å². The Morgan fingerprint density at radius 3 is 2.10 bits per heavy atom. The van der Waals surface area contributed by atoms with Gasteiger partial charge in [0, 0.05) is 16.8 Å². The molecule has 2 aromatic carbocycles. The zero-order valence-electron chi connectivity index (χ0n) is 11.4. The summed E-state index contributed by atoms with van der Waals surface area (Å²) in [6.45, 7) is 3.54. The molecule has 2 nitrogen and oxygen atoms in total. The van der Waals surface area contributed by atoms with Gasteiger partial charge < -0.3 is 10.5 Å². The van der Waals surface area contributed by atoms with Gasteiger partial charge in [0.15, 0.2) is 0 Å². The summed E-state index contributed by atoms with van der Waals surface area (Å²) in [5, 5.41) is 0.543. The van der Waals surface area contributed by atoms with Crippen LogP contribution in [0.25, 0.3) is 0 Å². The van der Waals surface area contributed by atoms with Crippen molar-refractivity contribution in [2.75, 3.05) is 5.73 Å². The molecule has 0 aliphatic carbocycles. The Kier molecular flexibility index (Phi) is 4.05. The van der Waals surface area contributed by atoms with Crippen molar-refractivity contribution in [3.8, 4) is 11.5 Å². The molecular formula is C15H13ClF3NO. The van der Waals surface area contributed by atoms with Crippen molar-refractivity contribution in [3.63, 3.8) is 0 Å². The Balaban J connectivity index is 2.43. The molecule has 6 heteroatoms. The summed E-state index contributed by atoms with van der Waals surface area (Å²) in [4.78, 5) is 0. The minimum atomic E-state index is -4.47. The zero-order valence-corrected chi connectivity index (χ0v) is 12.1. The Hall–Kier alpha value is -1.88. The lowest BCUT2D eigenvalue weighted by atomic mass is 10.1.